The molecule has 0 aromatic heterocycles. The van der Waals surface area contributed by atoms with Gasteiger partial charge in [0.15, 0.2) is 0 Å². The van der Waals surface area contributed by atoms with Gasteiger partial charge < -0.3 is 14.7 Å². The fourth-order valence-electron chi connectivity index (χ4n) is 3.49. The molecular formula is C22H29ClN2O2. The molecule has 2 aromatic carbocycles. The Kier molecular flexibility index (Phi) is 6.64. The molecule has 0 bridgehead atoms. The normalized spacial score (nSPS) is 16.4. The van der Waals surface area contributed by atoms with Crippen molar-refractivity contribution < 1.29 is 9.84 Å². The van der Waals surface area contributed by atoms with Crippen molar-refractivity contribution >= 4 is 17.3 Å². The van der Waals surface area contributed by atoms with Crippen LogP contribution in [0.1, 0.15) is 16.7 Å². The SMILES string of the molecule is Cc1ccc(C)c(OC[C@H](O)CN2CCN(c3cc(Cl)ccc3C)CC2)c1. The van der Waals surface area contributed by atoms with Gasteiger partial charge in [-0.1, -0.05) is 29.8 Å². The van der Waals surface area contributed by atoms with E-state index in [0.29, 0.717) is 13.2 Å². The zero-order valence-electron chi connectivity index (χ0n) is 16.4. The van der Waals surface area contributed by atoms with E-state index in [1.807, 2.05) is 38.1 Å². The van der Waals surface area contributed by atoms with Crippen LogP contribution in [0, 0.1) is 20.8 Å². The Balaban J connectivity index is 1.47. The summed E-state index contributed by atoms with van der Waals surface area (Å²) in [7, 11) is 0. The quantitative estimate of drug-likeness (QED) is 0.815. The number of piperazine rings is 1. The number of rotatable bonds is 6. The van der Waals surface area contributed by atoms with Crippen molar-refractivity contribution in [1.82, 2.24) is 4.90 Å². The van der Waals surface area contributed by atoms with E-state index < -0.39 is 6.10 Å². The second-order valence-corrected chi connectivity index (χ2v) is 7.89. The average molecular weight is 389 g/mol. The smallest absolute Gasteiger partial charge is 0.122 e. The highest BCUT2D eigenvalue weighted by atomic mass is 35.5. The van der Waals surface area contributed by atoms with Crippen molar-refractivity contribution in [3.05, 3.63) is 58.1 Å². The van der Waals surface area contributed by atoms with Gasteiger partial charge >= 0.3 is 0 Å². The topological polar surface area (TPSA) is 35.9 Å². The van der Waals surface area contributed by atoms with Gasteiger partial charge in [-0.25, -0.2) is 0 Å². The van der Waals surface area contributed by atoms with E-state index in [4.69, 9.17) is 16.3 Å². The maximum absolute atomic E-state index is 10.4. The van der Waals surface area contributed by atoms with Gasteiger partial charge in [0.2, 0.25) is 0 Å². The first kappa shape index (κ1) is 20.0. The molecule has 0 radical (unpaired) electrons. The first-order chi connectivity index (χ1) is 12.9. The van der Waals surface area contributed by atoms with Gasteiger partial charge in [0.05, 0.1) is 0 Å². The van der Waals surface area contributed by atoms with Crippen LogP contribution in [0.4, 0.5) is 5.69 Å². The Morgan fingerprint density at radius 1 is 1.00 bits per heavy atom. The Labute approximate surface area is 167 Å². The molecule has 3 rings (SSSR count). The maximum Gasteiger partial charge on any atom is 0.122 e. The minimum atomic E-state index is -0.496. The summed E-state index contributed by atoms with van der Waals surface area (Å²) in [6.45, 7) is 10.9. The molecule has 1 saturated heterocycles. The molecule has 0 unspecified atom stereocenters. The van der Waals surface area contributed by atoms with Gasteiger partial charge in [0.25, 0.3) is 0 Å². The molecule has 1 atom stereocenters. The Morgan fingerprint density at radius 3 is 2.44 bits per heavy atom. The molecule has 1 fully saturated rings. The molecule has 0 saturated carbocycles. The molecule has 1 aliphatic heterocycles. The standard InChI is InChI=1S/C22H29ClN2O2/c1-16-4-5-18(3)22(12-16)27-15-20(26)14-24-8-10-25(11-9-24)21-13-19(23)7-6-17(21)2/h4-7,12-13,20,26H,8-11,14-15H2,1-3H3/t20-/m1/s1. The van der Waals surface area contributed by atoms with Crippen LogP contribution < -0.4 is 9.64 Å². The zero-order chi connectivity index (χ0) is 19.4. The second-order valence-electron chi connectivity index (χ2n) is 7.45. The lowest BCUT2D eigenvalue weighted by atomic mass is 10.1. The number of β-amino-alcohol motifs (C(OH)–C–C–N with tert-alkyl or cyclic N) is 1. The number of aliphatic hydroxyl groups excluding tert-OH is 1. The van der Waals surface area contributed by atoms with E-state index in [1.54, 1.807) is 0 Å². The van der Waals surface area contributed by atoms with E-state index in [1.165, 1.54) is 11.3 Å². The van der Waals surface area contributed by atoms with Crippen LogP contribution in [-0.4, -0.2) is 55.4 Å². The zero-order valence-corrected chi connectivity index (χ0v) is 17.2. The highest BCUT2D eigenvalue weighted by molar-refractivity contribution is 6.30. The molecule has 0 spiro atoms. The van der Waals surface area contributed by atoms with Crippen molar-refractivity contribution in [2.45, 2.75) is 26.9 Å². The van der Waals surface area contributed by atoms with Gasteiger partial charge in [-0.05, 0) is 55.7 Å². The van der Waals surface area contributed by atoms with E-state index in [-0.39, 0.29) is 0 Å². The number of aryl methyl sites for hydroxylation is 3. The Hall–Kier alpha value is -1.75. The molecule has 5 heteroatoms. The largest absolute Gasteiger partial charge is 0.491 e. The summed E-state index contributed by atoms with van der Waals surface area (Å²) in [5, 5.41) is 11.2. The van der Waals surface area contributed by atoms with Crippen molar-refractivity contribution in [1.29, 1.82) is 0 Å². The third-order valence-corrected chi connectivity index (χ3v) is 5.36. The summed E-state index contributed by atoms with van der Waals surface area (Å²) in [6.07, 6.45) is -0.496. The van der Waals surface area contributed by atoms with Crippen molar-refractivity contribution in [2.75, 3.05) is 44.2 Å². The number of hydrogen-bond donors (Lipinski definition) is 1. The van der Waals surface area contributed by atoms with Crippen LogP contribution in [0.25, 0.3) is 0 Å². The summed E-state index contributed by atoms with van der Waals surface area (Å²) in [6, 6.07) is 12.2. The van der Waals surface area contributed by atoms with Gasteiger partial charge in [-0.15, -0.1) is 0 Å². The number of ether oxygens (including phenoxy) is 1. The fourth-order valence-corrected chi connectivity index (χ4v) is 3.66. The number of nitrogens with zero attached hydrogens (tertiary/aromatic N) is 2. The third-order valence-electron chi connectivity index (χ3n) is 5.13. The fraction of sp³-hybridized carbons (Fsp3) is 0.455. The van der Waals surface area contributed by atoms with Crippen LogP contribution >= 0.6 is 11.6 Å². The van der Waals surface area contributed by atoms with Crippen LogP contribution in [0.15, 0.2) is 36.4 Å². The summed E-state index contributed by atoms with van der Waals surface area (Å²) >= 11 is 6.16. The molecule has 1 aliphatic rings. The molecule has 0 aliphatic carbocycles. The molecule has 146 valence electrons. The lowest BCUT2D eigenvalue weighted by molar-refractivity contribution is 0.0660. The molecule has 4 nitrogen and oxygen atoms in total. The Morgan fingerprint density at radius 2 is 1.70 bits per heavy atom. The van der Waals surface area contributed by atoms with Crippen LogP contribution in [0.2, 0.25) is 5.02 Å². The molecule has 2 aromatic rings. The number of anilines is 1. The molecule has 0 amide bonds. The van der Waals surface area contributed by atoms with E-state index in [0.717, 1.165) is 48.1 Å². The van der Waals surface area contributed by atoms with Crippen molar-refractivity contribution in [3.8, 4) is 5.75 Å². The van der Waals surface area contributed by atoms with E-state index in [9.17, 15) is 5.11 Å². The van der Waals surface area contributed by atoms with Crippen LogP contribution in [0.3, 0.4) is 0 Å². The van der Waals surface area contributed by atoms with Crippen molar-refractivity contribution in [2.24, 2.45) is 0 Å². The summed E-state index contributed by atoms with van der Waals surface area (Å²) in [4.78, 5) is 4.67. The lowest BCUT2D eigenvalue weighted by Crippen LogP contribution is -2.49. The van der Waals surface area contributed by atoms with E-state index >= 15 is 0 Å². The number of aliphatic hydroxyl groups is 1. The highest BCUT2D eigenvalue weighted by Gasteiger charge is 2.21. The van der Waals surface area contributed by atoms with E-state index in [2.05, 4.69) is 28.9 Å². The maximum atomic E-state index is 10.4. The van der Waals surface area contributed by atoms with Gasteiger partial charge in [-0.3, -0.25) is 4.90 Å². The second kappa shape index (κ2) is 8.96. The number of hydrogen-bond acceptors (Lipinski definition) is 4. The third kappa shape index (κ3) is 5.38. The van der Waals surface area contributed by atoms with Crippen molar-refractivity contribution in [3.63, 3.8) is 0 Å². The van der Waals surface area contributed by atoms with Crippen LogP contribution in [0.5, 0.6) is 5.75 Å². The predicted octanol–water partition coefficient (Wildman–Crippen LogP) is 3.83. The molecule has 1 N–H and O–H groups in total. The summed E-state index contributed by atoms with van der Waals surface area (Å²) < 4.78 is 5.84. The molecular weight excluding hydrogens is 360 g/mol. The minimum Gasteiger partial charge on any atom is -0.491 e. The first-order valence-corrected chi connectivity index (χ1v) is 9.92. The summed E-state index contributed by atoms with van der Waals surface area (Å²) in [5.74, 6) is 0.857. The number of benzene rings is 2. The molecule has 1 heterocycles. The molecule has 27 heavy (non-hydrogen) atoms. The minimum absolute atomic E-state index is 0.317. The first-order valence-electron chi connectivity index (χ1n) is 9.54. The Bertz CT molecular complexity index is 773. The average Bonchev–Trinajstić information content (AvgIpc) is 2.65. The number of halogens is 1. The highest BCUT2D eigenvalue weighted by Crippen LogP contribution is 2.25. The predicted molar refractivity (Wildman–Crippen MR) is 112 cm³/mol. The lowest BCUT2D eigenvalue weighted by Gasteiger charge is -2.37. The monoisotopic (exact) mass is 388 g/mol. The van der Waals surface area contributed by atoms with Gasteiger partial charge in [-0.2, -0.15) is 0 Å². The van der Waals surface area contributed by atoms with Crippen LogP contribution in [-0.2, 0) is 0 Å². The summed E-state index contributed by atoms with van der Waals surface area (Å²) in [5.41, 5.74) is 4.71. The van der Waals surface area contributed by atoms with Gasteiger partial charge in [0, 0.05) is 43.4 Å². The van der Waals surface area contributed by atoms with Gasteiger partial charge in [0.1, 0.15) is 18.5 Å².